The van der Waals surface area contributed by atoms with Crippen molar-refractivity contribution < 1.29 is 5.02 Å². The van der Waals surface area contributed by atoms with Crippen molar-refractivity contribution in [2.24, 2.45) is 0 Å². The summed E-state index contributed by atoms with van der Waals surface area (Å²) in [5.74, 6) is 0. The zero-order valence-electron chi connectivity index (χ0n) is 7.70. The van der Waals surface area contributed by atoms with Gasteiger partial charge in [-0.3, -0.25) is 0 Å². The van der Waals surface area contributed by atoms with E-state index in [1.807, 2.05) is 16.9 Å². The van der Waals surface area contributed by atoms with Crippen LogP contribution in [-0.2, 0) is 13.1 Å². The lowest BCUT2D eigenvalue weighted by atomic mass is 9.86. The number of hydrogen-bond donors (Lipinski definition) is 2. The summed E-state index contributed by atoms with van der Waals surface area (Å²) >= 11 is 0. The number of nitrogens with zero attached hydrogens (tertiary/aromatic N) is 1. The van der Waals surface area contributed by atoms with Gasteiger partial charge < -0.3 is 15.6 Å². The Kier molecular flexibility index (Phi) is 2.02. The predicted octanol–water partition coefficient (Wildman–Crippen LogP) is 0.695. The van der Waals surface area contributed by atoms with E-state index in [0.29, 0.717) is 0 Å². The topological polar surface area (TPSA) is 49.5 Å². The average molecular weight is 176 g/mol. The van der Waals surface area contributed by atoms with E-state index in [0.717, 1.165) is 18.8 Å². The molecule has 68 valence electrons. The summed E-state index contributed by atoms with van der Waals surface area (Å²) in [5.41, 5.74) is 9.07. The lowest BCUT2D eigenvalue weighted by Crippen LogP contribution is -2.31. The molecule has 4 heteroatoms. The third-order valence-electron chi connectivity index (χ3n) is 2.57. The third kappa shape index (κ3) is 1.43. The van der Waals surface area contributed by atoms with Gasteiger partial charge in [-0.2, -0.15) is 0 Å². The Bertz CT molecular complexity index is 327. The van der Waals surface area contributed by atoms with E-state index in [1.165, 1.54) is 11.1 Å². The zero-order chi connectivity index (χ0) is 9.42. The van der Waals surface area contributed by atoms with Crippen molar-refractivity contribution in [3.8, 4) is 0 Å². The summed E-state index contributed by atoms with van der Waals surface area (Å²) in [6.07, 6.45) is 0. The normalized spacial score (nSPS) is 15.8. The first-order chi connectivity index (χ1) is 6.18. The molecular formula is C9H13BN2O. The fourth-order valence-corrected chi connectivity index (χ4v) is 1.74. The van der Waals surface area contributed by atoms with Crippen molar-refractivity contribution in [1.29, 1.82) is 0 Å². The minimum absolute atomic E-state index is 0.396. The van der Waals surface area contributed by atoms with Crippen LogP contribution in [0.4, 0.5) is 5.69 Å². The molecule has 13 heavy (non-hydrogen) atoms. The van der Waals surface area contributed by atoms with Crippen molar-refractivity contribution in [3.63, 3.8) is 0 Å². The highest BCUT2D eigenvalue weighted by molar-refractivity contribution is 6.45. The first-order valence-corrected chi connectivity index (χ1v) is 4.47. The predicted molar refractivity (Wildman–Crippen MR) is 53.9 cm³/mol. The van der Waals surface area contributed by atoms with E-state index in [4.69, 9.17) is 5.73 Å². The van der Waals surface area contributed by atoms with Crippen LogP contribution in [0.25, 0.3) is 0 Å². The SMILES string of the molecule is CB(O)N1Cc2cccc(N)c2C1. The van der Waals surface area contributed by atoms with Crippen molar-refractivity contribution in [2.45, 2.75) is 19.9 Å². The molecule has 1 heterocycles. The molecule has 1 aromatic rings. The molecule has 0 saturated carbocycles. The number of nitrogens with two attached hydrogens (primary N) is 1. The molecule has 0 amide bonds. The highest BCUT2D eigenvalue weighted by Gasteiger charge is 2.25. The van der Waals surface area contributed by atoms with E-state index in [1.54, 1.807) is 6.82 Å². The molecule has 0 saturated heterocycles. The fourth-order valence-electron chi connectivity index (χ4n) is 1.74. The second kappa shape index (κ2) is 3.05. The Morgan fingerprint density at radius 1 is 1.46 bits per heavy atom. The lowest BCUT2D eigenvalue weighted by Gasteiger charge is -2.14. The second-order valence-corrected chi connectivity index (χ2v) is 3.52. The molecule has 1 aromatic carbocycles. The maximum absolute atomic E-state index is 9.40. The van der Waals surface area contributed by atoms with E-state index < -0.39 is 7.05 Å². The zero-order valence-corrected chi connectivity index (χ0v) is 7.70. The van der Waals surface area contributed by atoms with E-state index in [9.17, 15) is 5.02 Å². The number of anilines is 1. The molecule has 0 fully saturated rings. The number of hydrogen-bond acceptors (Lipinski definition) is 3. The summed E-state index contributed by atoms with van der Waals surface area (Å²) in [4.78, 5) is 1.99. The van der Waals surface area contributed by atoms with Crippen molar-refractivity contribution in [1.82, 2.24) is 4.81 Å². The molecule has 0 radical (unpaired) electrons. The van der Waals surface area contributed by atoms with Crippen LogP contribution in [0.5, 0.6) is 0 Å². The number of rotatable bonds is 1. The van der Waals surface area contributed by atoms with Gasteiger partial charge in [0.1, 0.15) is 0 Å². The second-order valence-electron chi connectivity index (χ2n) is 3.52. The number of fused-ring (bicyclic) bond motifs is 1. The molecule has 2 rings (SSSR count). The summed E-state index contributed by atoms with van der Waals surface area (Å²) in [7, 11) is -0.396. The van der Waals surface area contributed by atoms with Gasteiger partial charge in [-0.25, -0.2) is 0 Å². The molecular weight excluding hydrogens is 163 g/mol. The minimum atomic E-state index is -0.396. The Morgan fingerprint density at radius 3 is 2.85 bits per heavy atom. The molecule has 3 nitrogen and oxygen atoms in total. The van der Waals surface area contributed by atoms with Crippen LogP contribution in [0.3, 0.4) is 0 Å². The highest BCUT2D eigenvalue weighted by Crippen LogP contribution is 2.27. The minimum Gasteiger partial charge on any atom is -0.437 e. The highest BCUT2D eigenvalue weighted by atomic mass is 16.2. The van der Waals surface area contributed by atoms with E-state index >= 15 is 0 Å². The molecule has 0 spiro atoms. The quantitative estimate of drug-likeness (QED) is 0.489. The Morgan fingerprint density at radius 2 is 2.23 bits per heavy atom. The number of benzene rings is 1. The maximum atomic E-state index is 9.40. The van der Waals surface area contributed by atoms with Gasteiger partial charge in [0.15, 0.2) is 0 Å². The van der Waals surface area contributed by atoms with Crippen LogP contribution >= 0.6 is 0 Å². The molecule has 1 aliphatic heterocycles. The Labute approximate surface area is 78.3 Å². The molecule has 0 aromatic heterocycles. The molecule has 3 N–H and O–H groups in total. The Balaban J connectivity index is 2.30. The van der Waals surface area contributed by atoms with Crippen LogP contribution in [0.15, 0.2) is 18.2 Å². The van der Waals surface area contributed by atoms with Gasteiger partial charge in [0.2, 0.25) is 0 Å². The monoisotopic (exact) mass is 176 g/mol. The largest absolute Gasteiger partial charge is 0.437 e. The van der Waals surface area contributed by atoms with Gasteiger partial charge >= 0.3 is 7.05 Å². The molecule has 0 unspecified atom stereocenters. The fraction of sp³-hybridized carbons (Fsp3) is 0.333. The van der Waals surface area contributed by atoms with Gasteiger partial charge in [-0.15, -0.1) is 0 Å². The van der Waals surface area contributed by atoms with Gasteiger partial charge in [0.25, 0.3) is 0 Å². The molecule has 0 atom stereocenters. The van der Waals surface area contributed by atoms with Gasteiger partial charge in [0.05, 0.1) is 0 Å². The van der Waals surface area contributed by atoms with E-state index in [2.05, 4.69) is 6.07 Å². The summed E-state index contributed by atoms with van der Waals surface area (Å²) in [6, 6.07) is 5.93. The van der Waals surface area contributed by atoms with Crippen LogP contribution in [0, 0.1) is 0 Å². The van der Waals surface area contributed by atoms with Crippen LogP contribution < -0.4 is 5.73 Å². The standard InChI is InChI=1S/C9H13BN2O/c1-10(13)12-5-7-3-2-4-9(11)8(7)6-12/h2-4,13H,5-6,11H2,1H3. The maximum Gasteiger partial charge on any atom is 0.376 e. The summed E-state index contributed by atoms with van der Waals surface area (Å²) in [5, 5.41) is 9.40. The smallest absolute Gasteiger partial charge is 0.376 e. The summed E-state index contributed by atoms with van der Waals surface area (Å²) in [6.45, 7) is 3.35. The Hall–Kier alpha value is -0.995. The lowest BCUT2D eigenvalue weighted by molar-refractivity contribution is 0.381. The van der Waals surface area contributed by atoms with E-state index in [-0.39, 0.29) is 0 Å². The van der Waals surface area contributed by atoms with Gasteiger partial charge in [0, 0.05) is 18.8 Å². The molecule has 0 bridgehead atoms. The number of nitrogen functional groups attached to an aromatic ring is 1. The summed E-state index contributed by atoms with van der Waals surface area (Å²) < 4.78 is 0. The first kappa shape index (κ1) is 8.60. The van der Waals surface area contributed by atoms with Crippen LogP contribution in [0.1, 0.15) is 11.1 Å². The molecule has 0 aliphatic carbocycles. The van der Waals surface area contributed by atoms with Crippen molar-refractivity contribution in [2.75, 3.05) is 5.73 Å². The van der Waals surface area contributed by atoms with Crippen LogP contribution in [-0.4, -0.2) is 16.9 Å². The van der Waals surface area contributed by atoms with Crippen molar-refractivity contribution in [3.05, 3.63) is 29.3 Å². The third-order valence-corrected chi connectivity index (χ3v) is 2.57. The van der Waals surface area contributed by atoms with Crippen molar-refractivity contribution >= 4 is 12.7 Å². The molecule has 1 aliphatic rings. The van der Waals surface area contributed by atoms with Gasteiger partial charge in [-0.1, -0.05) is 12.1 Å². The van der Waals surface area contributed by atoms with Crippen LogP contribution in [0.2, 0.25) is 6.82 Å². The van der Waals surface area contributed by atoms with Gasteiger partial charge in [-0.05, 0) is 24.0 Å². The average Bonchev–Trinajstić information content (AvgIpc) is 2.49. The first-order valence-electron chi connectivity index (χ1n) is 4.47.